The molecular weight excluding hydrogens is 437 g/mol. The van der Waals surface area contributed by atoms with Crippen LogP contribution in [-0.4, -0.2) is 65.7 Å². The van der Waals surface area contributed by atoms with Gasteiger partial charge in [-0.25, -0.2) is 4.39 Å². The van der Waals surface area contributed by atoms with Gasteiger partial charge in [0.15, 0.2) is 5.78 Å². The van der Waals surface area contributed by atoms with Gasteiger partial charge in [-0.3, -0.25) is 9.78 Å². The Labute approximate surface area is 215 Å². The number of carbonyl (C=O) groups is 2. The summed E-state index contributed by atoms with van der Waals surface area (Å²) in [6.07, 6.45) is 2.85. The second-order valence-corrected chi connectivity index (χ2v) is 7.82. The molecule has 0 amide bonds. The number of halogens is 1. The molecule has 1 saturated carbocycles. The third kappa shape index (κ3) is 5.81. The number of pyridine rings is 1. The van der Waals surface area contributed by atoms with Crippen molar-refractivity contribution in [1.29, 1.82) is 0 Å². The van der Waals surface area contributed by atoms with Gasteiger partial charge in [-0.05, 0) is 48.8 Å². The summed E-state index contributed by atoms with van der Waals surface area (Å²) >= 11 is 0. The van der Waals surface area contributed by atoms with Crippen LogP contribution in [0.25, 0.3) is 28.1 Å². The smallest absolute Gasteiger partial charge is 0.550 e. The van der Waals surface area contributed by atoms with E-state index in [0.717, 1.165) is 46.1 Å². The van der Waals surface area contributed by atoms with Crippen LogP contribution in [0.1, 0.15) is 42.9 Å². The number of carbonyl (C=O) groups excluding carboxylic acids is 2. The van der Waals surface area contributed by atoms with Crippen LogP contribution < -0.4 is 5.11 Å². The van der Waals surface area contributed by atoms with Crippen molar-refractivity contribution in [2.24, 2.45) is 0 Å². The van der Waals surface area contributed by atoms with Crippen LogP contribution in [0.5, 0.6) is 0 Å². The van der Waals surface area contributed by atoms with Gasteiger partial charge in [0.05, 0.1) is 17.3 Å². The third-order valence-electron chi connectivity index (χ3n) is 5.33. The predicted molar refractivity (Wildman–Crippen MR) is 119 cm³/mol. The number of para-hydroxylation sites is 1. The molecule has 0 bridgehead atoms. The van der Waals surface area contributed by atoms with Crippen LogP contribution in [-0.2, 0) is 9.59 Å². The number of hydrogen-bond acceptors (Lipinski definition) is 5. The Morgan fingerprint density at radius 1 is 1.12 bits per heavy atom. The van der Waals surface area contributed by atoms with E-state index in [1.54, 1.807) is 18.2 Å². The van der Waals surface area contributed by atoms with Gasteiger partial charge in [0.1, 0.15) is 5.82 Å². The number of allylic oxidation sites excluding steroid dienone is 1. The van der Waals surface area contributed by atoms with Gasteiger partial charge in [0.2, 0.25) is 0 Å². The number of aliphatic hydroxyl groups is 1. The van der Waals surface area contributed by atoms with E-state index in [1.165, 1.54) is 18.2 Å². The Bertz CT molecular complexity index is 1170. The number of ketones is 1. The fourth-order valence-corrected chi connectivity index (χ4v) is 3.75. The molecule has 1 aromatic heterocycles. The minimum Gasteiger partial charge on any atom is -0.550 e. The van der Waals surface area contributed by atoms with Gasteiger partial charge >= 0.3 is 37.7 Å². The number of rotatable bonds is 8. The summed E-state index contributed by atoms with van der Waals surface area (Å²) in [6.45, 7) is 0. The first-order chi connectivity index (χ1) is 14.9. The number of nitrogens with zero attached hydrogens (tertiary/aromatic N) is 1. The zero-order chi connectivity index (χ0) is 22.0. The second kappa shape index (κ2) is 10.7. The van der Waals surface area contributed by atoms with Crippen molar-refractivity contribution >= 4 is 66.5 Å². The molecule has 0 radical (unpaired) electrons. The maximum atomic E-state index is 13.6. The van der Waals surface area contributed by atoms with Gasteiger partial charge in [-0.1, -0.05) is 30.3 Å². The number of hydrogen-bond donors (Lipinski definition) is 1. The van der Waals surface area contributed by atoms with Crippen molar-refractivity contribution in [1.82, 2.24) is 4.98 Å². The Morgan fingerprint density at radius 3 is 2.47 bits per heavy atom. The number of aliphatic carboxylic acids is 1. The first-order valence-electron chi connectivity index (χ1n) is 10.2. The summed E-state index contributed by atoms with van der Waals surface area (Å²) < 4.78 is 13.6. The topological polar surface area (TPSA) is 90.3 Å². The zero-order valence-corrected chi connectivity index (χ0v) is 19.7. The number of carboxylic acids is 1. The van der Waals surface area contributed by atoms with Crippen LogP contribution in [0.4, 0.5) is 4.39 Å². The molecule has 32 heavy (non-hydrogen) atoms. The maximum Gasteiger partial charge on any atom is 2.00 e. The molecule has 4 rings (SSSR count). The van der Waals surface area contributed by atoms with E-state index in [1.807, 2.05) is 24.3 Å². The minimum atomic E-state index is -1.40. The predicted octanol–water partition coefficient (Wildman–Crippen LogP) is 3.01. The van der Waals surface area contributed by atoms with Crippen LogP contribution in [0, 0.1) is 5.82 Å². The Balaban J connectivity index is 0.00000289. The summed E-state index contributed by atoms with van der Waals surface area (Å²) in [4.78, 5) is 27.8. The Hall–Kier alpha value is -2.12. The SMILES string of the molecule is O=C([O-])CC(O)CC(=O)C=Cc1c(C2CC2)nc2ccccc2c1-c1ccc(F)cc1.[Ca+2]. The van der Waals surface area contributed by atoms with E-state index in [2.05, 4.69) is 0 Å². The molecule has 1 unspecified atom stereocenters. The molecule has 1 fully saturated rings. The standard InChI is InChI=1S/C25H22FNO4.Ca/c26-17-9-7-15(8-10-17)24-20-3-1-2-4-22(20)27-25(16-5-6-16)21(24)12-11-18(28)13-19(29)14-23(30)31;/h1-4,7-12,16,19,29H,5-6,13-14H2,(H,30,31);/q;+2/p-1. The van der Waals surface area contributed by atoms with E-state index < -0.39 is 24.3 Å². The van der Waals surface area contributed by atoms with Crippen molar-refractivity contribution in [2.45, 2.75) is 37.7 Å². The normalized spacial score (nSPS) is 14.3. The molecule has 0 aliphatic heterocycles. The fraction of sp³-hybridized carbons (Fsp3) is 0.240. The molecule has 1 aliphatic carbocycles. The van der Waals surface area contributed by atoms with Gasteiger partial charge in [-0.15, -0.1) is 0 Å². The molecule has 1 aliphatic rings. The molecule has 0 spiro atoms. The van der Waals surface area contributed by atoms with Crippen LogP contribution in [0.15, 0.2) is 54.6 Å². The number of carboxylic acid groups (broad SMARTS) is 1. The second-order valence-electron chi connectivity index (χ2n) is 7.82. The van der Waals surface area contributed by atoms with Crippen molar-refractivity contribution < 1.29 is 24.2 Å². The van der Waals surface area contributed by atoms with Crippen molar-refractivity contribution in [2.75, 3.05) is 0 Å². The minimum absolute atomic E-state index is 0. The van der Waals surface area contributed by atoms with E-state index in [9.17, 15) is 24.2 Å². The van der Waals surface area contributed by atoms with Crippen molar-refractivity contribution in [3.05, 3.63) is 71.7 Å². The third-order valence-corrected chi connectivity index (χ3v) is 5.33. The molecule has 1 atom stereocenters. The molecule has 1 N–H and O–H groups in total. The summed E-state index contributed by atoms with van der Waals surface area (Å²) in [5, 5.41) is 21.2. The van der Waals surface area contributed by atoms with Crippen molar-refractivity contribution in [3.63, 3.8) is 0 Å². The summed E-state index contributed by atoms with van der Waals surface area (Å²) in [6, 6.07) is 13.9. The zero-order valence-electron chi connectivity index (χ0n) is 17.5. The van der Waals surface area contributed by atoms with Gasteiger partial charge in [-0.2, -0.15) is 0 Å². The molecule has 2 aromatic carbocycles. The Kier molecular flexibility index (Phi) is 8.17. The Morgan fingerprint density at radius 2 is 1.81 bits per heavy atom. The van der Waals surface area contributed by atoms with Gasteiger partial charge < -0.3 is 15.0 Å². The van der Waals surface area contributed by atoms with E-state index in [0.29, 0.717) is 5.92 Å². The van der Waals surface area contributed by atoms with E-state index >= 15 is 0 Å². The van der Waals surface area contributed by atoms with Crippen LogP contribution >= 0.6 is 0 Å². The number of aliphatic hydroxyl groups excluding tert-OH is 1. The van der Waals surface area contributed by atoms with Crippen molar-refractivity contribution in [3.8, 4) is 11.1 Å². The molecule has 0 saturated heterocycles. The molecular formula is C25H21CaFNO4+. The summed E-state index contributed by atoms with van der Waals surface area (Å²) in [5.41, 5.74) is 4.18. The van der Waals surface area contributed by atoms with Crippen LogP contribution in [0.3, 0.4) is 0 Å². The van der Waals surface area contributed by atoms with Gasteiger partial charge in [0, 0.05) is 41.2 Å². The maximum absolute atomic E-state index is 13.6. The number of benzene rings is 2. The average Bonchev–Trinajstić information content (AvgIpc) is 3.56. The quantitative estimate of drug-likeness (QED) is 0.414. The first kappa shape index (κ1) is 24.5. The monoisotopic (exact) mass is 458 g/mol. The molecule has 1 heterocycles. The van der Waals surface area contributed by atoms with E-state index in [4.69, 9.17) is 4.98 Å². The summed E-state index contributed by atoms with van der Waals surface area (Å²) in [5.74, 6) is -1.84. The van der Waals surface area contributed by atoms with Gasteiger partial charge in [0.25, 0.3) is 0 Å². The van der Waals surface area contributed by atoms with E-state index in [-0.39, 0.29) is 50.0 Å². The molecule has 7 heteroatoms. The molecule has 5 nitrogen and oxygen atoms in total. The summed E-state index contributed by atoms with van der Waals surface area (Å²) in [7, 11) is 0. The fourth-order valence-electron chi connectivity index (χ4n) is 3.75. The number of fused-ring (bicyclic) bond motifs is 1. The largest absolute Gasteiger partial charge is 2.00 e. The number of aromatic nitrogens is 1. The average molecular weight is 459 g/mol. The molecule has 158 valence electrons. The first-order valence-corrected chi connectivity index (χ1v) is 10.2. The van der Waals surface area contributed by atoms with Crippen LogP contribution in [0.2, 0.25) is 0 Å². The molecule has 3 aromatic rings.